The van der Waals surface area contributed by atoms with Crippen molar-refractivity contribution in [1.82, 2.24) is 24.7 Å². The van der Waals surface area contributed by atoms with Crippen molar-refractivity contribution >= 4 is 55.7 Å². The zero-order chi connectivity index (χ0) is 20.5. The molecule has 0 spiro atoms. The van der Waals surface area contributed by atoms with E-state index in [1.807, 2.05) is 24.6 Å². The quantitative estimate of drug-likeness (QED) is 0.400. The van der Waals surface area contributed by atoms with E-state index in [1.54, 1.807) is 28.5 Å². The van der Waals surface area contributed by atoms with Crippen LogP contribution < -0.4 is 16.0 Å². The van der Waals surface area contributed by atoms with E-state index in [4.69, 9.17) is 0 Å². The summed E-state index contributed by atoms with van der Waals surface area (Å²) in [6, 6.07) is 3.60. The molecule has 4 heterocycles. The molecule has 1 aliphatic rings. The minimum atomic E-state index is -0.319. The molecule has 1 saturated carbocycles. The fourth-order valence-electron chi connectivity index (χ4n) is 3.13. The molecule has 2 amide bonds. The number of amides is 2. The minimum Gasteiger partial charge on any atom is -0.368 e. The average Bonchev–Trinajstić information content (AvgIpc) is 3.11. The lowest BCUT2D eigenvalue weighted by Gasteiger charge is -2.05. The first kappa shape index (κ1) is 18.9. The van der Waals surface area contributed by atoms with Gasteiger partial charge in [0.05, 0.1) is 15.9 Å². The maximum atomic E-state index is 12.3. The first-order valence-corrected chi connectivity index (χ1v) is 11.3. The minimum absolute atomic E-state index is 0.319. The molecule has 0 radical (unpaired) electrons. The molecule has 0 aromatic carbocycles. The number of hydrogen-bond acceptors (Lipinski definition) is 8. The molecule has 30 heavy (non-hydrogen) atoms. The van der Waals surface area contributed by atoms with Crippen LogP contribution in [0.15, 0.2) is 30.0 Å². The molecular weight excluding hydrogens is 420 g/mol. The van der Waals surface area contributed by atoms with Gasteiger partial charge in [0.15, 0.2) is 5.13 Å². The molecule has 1 aliphatic carbocycles. The molecule has 0 saturated heterocycles. The van der Waals surface area contributed by atoms with Crippen molar-refractivity contribution in [2.75, 3.05) is 22.5 Å². The standard InChI is InChI=1S/C19H20N8OS2/c1-27-15(8-14(26-27)11-2-3-11)24-18(28)25-19-21-9-12(30-19)4-6-20-17-16-13(5-7-29-16)22-10-23-17/h5,7-11H,2-4,6H2,1H3,(H,20,22,23)(H2,21,24,25,28). The van der Waals surface area contributed by atoms with Crippen LogP contribution in [0.3, 0.4) is 0 Å². The molecule has 0 aliphatic heterocycles. The molecule has 11 heteroatoms. The summed E-state index contributed by atoms with van der Waals surface area (Å²) in [7, 11) is 1.83. The Morgan fingerprint density at radius 2 is 2.17 bits per heavy atom. The third-order valence-corrected chi connectivity index (χ3v) is 6.70. The lowest BCUT2D eigenvalue weighted by Crippen LogP contribution is -2.20. The van der Waals surface area contributed by atoms with Gasteiger partial charge in [0.2, 0.25) is 0 Å². The molecule has 4 aromatic heterocycles. The van der Waals surface area contributed by atoms with Gasteiger partial charge in [-0.25, -0.2) is 19.7 Å². The Bertz CT molecular complexity index is 1190. The molecular formula is C19H20N8OS2. The number of anilines is 3. The number of thiazole rings is 1. The first-order valence-electron chi connectivity index (χ1n) is 9.64. The van der Waals surface area contributed by atoms with E-state index in [2.05, 4.69) is 36.0 Å². The molecule has 154 valence electrons. The summed E-state index contributed by atoms with van der Waals surface area (Å²) in [6.45, 7) is 0.719. The van der Waals surface area contributed by atoms with Crippen LogP contribution in [0.25, 0.3) is 10.2 Å². The van der Waals surface area contributed by atoms with E-state index < -0.39 is 0 Å². The highest BCUT2D eigenvalue weighted by molar-refractivity contribution is 7.17. The Hall–Kier alpha value is -3.05. The number of hydrogen-bond donors (Lipinski definition) is 3. The number of thiophene rings is 1. The summed E-state index contributed by atoms with van der Waals surface area (Å²) in [5.74, 6) is 2.07. The zero-order valence-electron chi connectivity index (χ0n) is 16.3. The zero-order valence-corrected chi connectivity index (χ0v) is 17.9. The van der Waals surface area contributed by atoms with E-state index in [0.717, 1.165) is 39.6 Å². The SMILES string of the molecule is Cn1nc(C2CC2)cc1NC(=O)Nc1ncc(CCNc2ncnc3ccsc23)s1. The van der Waals surface area contributed by atoms with Gasteiger partial charge in [0.1, 0.15) is 18.0 Å². The fourth-order valence-corrected chi connectivity index (χ4v) is 4.75. The van der Waals surface area contributed by atoms with E-state index in [1.165, 1.54) is 24.2 Å². The van der Waals surface area contributed by atoms with Crippen molar-refractivity contribution in [3.63, 3.8) is 0 Å². The second kappa shape index (κ2) is 8.00. The average molecular weight is 441 g/mol. The third kappa shape index (κ3) is 4.12. The smallest absolute Gasteiger partial charge is 0.326 e. The normalized spacial score (nSPS) is 13.5. The van der Waals surface area contributed by atoms with E-state index >= 15 is 0 Å². The maximum absolute atomic E-state index is 12.3. The van der Waals surface area contributed by atoms with Gasteiger partial charge in [-0.15, -0.1) is 22.7 Å². The summed E-state index contributed by atoms with van der Waals surface area (Å²) in [5, 5.41) is 16.0. The fraction of sp³-hybridized carbons (Fsp3) is 0.316. The Balaban J connectivity index is 1.14. The number of carbonyl (C=O) groups excluding carboxylic acids is 1. The highest BCUT2D eigenvalue weighted by Crippen LogP contribution is 2.39. The third-order valence-electron chi connectivity index (χ3n) is 4.82. The molecule has 0 unspecified atom stereocenters. The van der Waals surface area contributed by atoms with Crippen LogP contribution in [0.2, 0.25) is 0 Å². The van der Waals surface area contributed by atoms with Crippen LogP contribution in [0.4, 0.5) is 21.6 Å². The van der Waals surface area contributed by atoms with Crippen molar-refractivity contribution in [3.05, 3.63) is 40.6 Å². The molecule has 3 N–H and O–H groups in total. The highest BCUT2D eigenvalue weighted by atomic mass is 32.1. The van der Waals surface area contributed by atoms with Crippen LogP contribution in [0.5, 0.6) is 0 Å². The lowest BCUT2D eigenvalue weighted by atomic mass is 10.3. The second-order valence-electron chi connectivity index (χ2n) is 7.10. The number of rotatable bonds is 7. The van der Waals surface area contributed by atoms with E-state index in [0.29, 0.717) is 16.9 Å². The molecule has 0 bridgehead atoms. The van der Waals surface area contributed by atoms with E-state index in [-0.39, 0.29) is 6.03 Å². The first-order chi connectivity index (χ1) is 14.7. The van der Waals surface area contributed by atoms with Gasteiger partial charge >= 0.3 is 6.03 Å². The van der Waals surface area contributed by atoms with E-state index in [9.17, 15) is 4.79 Å². The van der Waals surface area contributed by atoms with Crippen LogP contribution in [-0.2, 0) is 13.5 Å². The summed E-state index contributed by atoms with van der Waals surface area (Å²) >= 11 is 3.08. The van der Waals surface area contributed by atoms with Crippen molar-refractivity contribution in [2.24, 2.45) is 7.05 Å². The highest BCUT2D eigenvalue weighted by Gasteiger charge is 2.27. The summed E-state index contributed by atoms with van der Waals surface area (Å²) in [4.78, 5) is 26.3. The lowest BCUT2D eigenvalue weighted by molar-refractivity contribution is 0.262. The van der Waals surface area contributed by atoms with Gasteiger partial charge in [-0.1, -0.05) is 0 Å². The molecule has 1 fully saturated rings. The van der Waals surface area contributed by atoms with Crippen molar-refractivity contribution in [1.29, 1.82) is 0 Å². The number of nitrogens with one attached hydrogen (secondary N) is 3. The summed E-state index contributed by atoms with van der Waals surface area (Å²) in [6.07, 6.45) is 6.49. The number of urea groups is 1. The van der Waals surface area contributed by atoms with Gasteiger partial charge in [-0.05, 0) is 24.3 Å². The Kier molecular flexibility index (Phi) is 5.05. The number of nitrogens with zero attached hydrogens (tertiary/aromatic N) is 5. The molecule has 4 aromatic rings. The Morgan fingerprint density at radius 1 is 1.27 bits per heavy atom. The largest absolute Gasteiger partial charge is 0.368 e. The maximum Gasteiger partial charge on any atom is 0.326 e. The van der Waals surface area contributed by atoms with Gasteiger partial charge in [-0.3, -0.25) is 15.3 Å². The summed E-state index contributed by atoms with van der Waals surface area (Å²) in [5.41, 5.74) is 1.99. The number of aryl methyl sites for hydroxylation is 1. The second-order valence-corrected chi connectivity index (χ2v) is 9.13. The van der Waals surface area contributed by atoms with Crippen molar-refractivity contribution in [3.8, 4) is 0 Å². The Labute approximate surface area is 180 Å². The summed E-state index contributed by atoms with van der Waals surface area (Å²) < 4.78 is 2.75. The Morgan fingerprint density at radius 3 is 3.03 bits per heavy atom. The predicted molar refractivity (Wildman–Crippen MR) is 120 cm³/mol. The van der Waals surface area contributed by atoms with Crippen LogP contribution in [-0.4, -0.2) is 37.3 Å². The predicted octanol–water partition coefficient (Wildman–Crippen LogP) is 4.06. The van der Waals surface area contributed by atoms with Crippen LogP contribution in [0.1, 0.15) is 29.3 Å². The topological polar surface area (TPSA) is 110 Å². The molecule has 0 atom stereocenters. The number of fused-ring (bicyclic) bond motifs is 1. The van der Waals surface area contributed by atoms with Crippen LogP contribution in [0, 0.1) is 0 Å². The molecule has 9 nitrogen and oxygen atoms in total. The van der Waals surface area contributed by atoms with Crippen molar-refractivity contribution in [2.45, 2.75) is 25.2 Å². The van der Waals surface area contributed by atoms with Gasteiger partial charge in [-0.2, -0.15) is 5.10 Å². The van der Waals surface area contributed by atoms with Gasteiger partial charge < -0.3 is 5.32 Å². The van der Waals surface area contributed by atoms with Crippen LogP contribution >= 0.6 is 22.7 Å². The number of carbonyl (C=O) groups is 1. The van der Waals surface area contributed by atoms with Gasteiger partial charge in [0.25, 0.3) is 0 Å². The monoisotopic (exact) mass is 440 g/mol. The van der Waals surface area contributed by atoms with Crippen molar-refractivity contribution < 1.29 is 4.79 Å². The molecule has 5 rings (SSSR count). The number of aromatic nitrogens is 5. The van der Waals surface area contributed by atoms with Gasteiger partial charge in [0, 0.05) is 43.1 Å².